The Labute approximate surface area is 244 Å². The monoisotopic (exact) mass is 549 g/mol. The van der Waals surface area contributed by atoms with Gasteiger partial charge in [-0.25, -0.2) is 9.97 Å². The molecule has 0 aromatic carbocycles. The summed E-state index contributed by atoms with van der Waals surface area (Å²) < 4.78 is 1.98. The third-order valence-electron chi connectivity index (χ3n) is 7.37. The van der Waals surface area contributed by atoms with Crippen molar-refractivity contribution in [3.8, 4) is 5.82 Å². The molecule has 1 aliphatic rings. The molecule has 42 heavy (non-hydrogen) atoms. The summed E-state index contributed by atoms with van der Waals surface area (Å²) in [5.74, 6) is 2.14. The number of rotatable bonds is 6. The summed E-state index contributed by atoms with van der Waals surface area (Å²) in [5.41, 5.74) is 14.3. The van der Waals surface area contributed by atoms with Crippen molar-refractivity contribution < 1.29 is 0 Å². The lowest BCUT2D eigenvalue weighted by atomic mass is 10.0. The Balaban J connectivity index is 1.54. The second-order valence-electron chi connectivity index (χ2n) is 9.81. The average molecular weight is 550 g/mol. The summed E-state index contributed by atoms with van der Waals surface area (Å²) in [4.78, 5) is 20.9. The van der Waals surface area contributed by atoms with E-state index in [1.165, 1.54) is 0 Å². The zero-order valence-corrected chi connectivity index (χ0v) is 23.7. The lowest BCUT2D eigenvalue weighted by molar-refractivity contribution is 0.992. The Morgan fingerprint density at radius 2 is 1.52 bits per heavy atom. The van der Waals surface area contributed by atoms with Gasteiger partial charge < -0.3 is 10.6 Å². The van der Waals surface area contributed by atoms with Crippen LogP contribution in [0.5, 0.6) is 0 Å². The number of nitrogens with zero attached hydrogens (tertiary/aromatic N) is 6. The summed E-state index contributed by atoms with van der Waals surface area (Å²) in [6.07, 6.45) is 17.5. The molecule has 0 atom stereocenters. The molecule has 7 heteroatoms. The maximum atomic E-state index is 6.95. The van der Waals surface area contributed by atoms with E-state index in [1.54, 1.807) is 18.5 Å². The third kappa shape index (κ3) is 4.51. The number of anilines is 2. The van der Waals surface area contributed by atoms with Crippen molar-refractivity contribution in [2.45, 2.75) is 13.8 Å². The number of nitrogens with two attached hydrogens (primary N) is 1. The summed E-state index contributed by atoms with van der Waals surface area (Å²) in [7, 11) is 0. The highest BCUT2D eigenvalue weighted by Gasteiger charge is 2.27. The standard InChI is InChI=1S/C35H31N7/c1-5-11-31-24(7-3)23(22-41(31)33-17-15-27-29(39-33)13-9-19-37-27)21-26-25(8-4)32(12-6-2)42(35(26)36)34-18-16-28-30(40-34)14-10-20-38-28/h5-21H,2-3,22,36H2,1,4H3/b11-5-,23-21+,25-8-,32-12+. The molecule has 206 valence electrons. The van der Waals surface area contributed by atoms with E-state index >= 15 is 0 Å². The zero-order chi connectivity index (χ0) is 29.2. The molecule has 6 rings (SSSR count). The van der Waals surface area contributed by atoms with E-state index in [2.05, 4.69) is 46.3 Å². The summed E-state index contributed by atoms with van der Waals surface area (Å²) in [5, 5.41) is 1.90. The minimum atomic E-state index is 0.587. The van der Waals surface area contributed by atoms with Crippen LogP contribution in [0.1, 0.15) is 19.4 Å². The van der Waals surface area contributed by atoms with Crippen molar-refractivity contribution >= 4 is 51.9 Å². The van der Waals surface area contributed by atoms with Gasteiger partial charge in [0.2, 0.25) is 0 Å². The maximum absolute atomic E-state index is 6.95. The minimum absolute atomic E-state index is 0.587. The molecule has 0 saturated carbocycles. The molecule has 0 spiro atoms. The number of pyridine rings is 4. The molecule has 5 aromatic rings. The third-order valence-corrected chi connectivity index (χ3v) is 7.37. The van der Waals surface area contributed by atoms with E-state index in [9.17, 15) is 0 Å². The molecule has 0 unspecified atom stereocenters. The molecule has 0 amide bonds. The Morgan fingerprint density at radius 1 is 0.857 bits per heavy atom. The van der Waals surface area contributed by atoms with E-state index in [1.807, 2.05) is 85.2 Å². The molecular weight excluding hydrogens is 518 g/mol. The number of aromatic nitrogens is 5. The predicted molar refractivity (Wildman–Crippen MR) is 174 cm³/mol. The van der Waals surface area contributed by atoms with Gasteiger partial charge in [-0.15, -0.1) is 0 Å². The zero-order valence-electron chi connectivity index (χ0n) is 23.7. The lowest BCUT2D eigenvalue weighted by Gasteiger charge is -2.19. The summed E-state index contributed by atoms with van der Waals surface area (Å²) in [6.45, 7) is 12.8. The van der Waals surface area contributed by atoms with Crippen LogP contribution in [0.3, 0.4) is 0 Å². The van der Waals surface area contributed by atoms with Crippen LogP contribution in [0, 0.1) is 0 Å². The first-order chi connectivity index (χ1) is 20.6. The van der Waals surface area contributed by atoms with E-state index in [0.717, 1.165) is 60.9 Å². The van der Waals surface area contributed by atoms with Gasteiger partial charge in [0.05, 0.1) is 34.0 Å². The van der Waals surface area contributed by atoms with Crippen molar-refractivity contribution in [1.29, 1.82) is 0 Å². The van der Waals surface area contributed by atoms with Gasteiger partial charge in [-0.05, 0) is 86.2 Å². The van der Waals surface area contributed by atoms with Gasteiger partial charge in [-0.3, -0.25) is 14.5 Å². The van der Waals surface area contributed by atoms with Gasteiger partial charge >= 0.3 is 0 Å². The van der Waals surface area contributed by atoms with Crippen LogP contribution in [-0.2, 0) is 0 Å². The Bertz CT molecular complexity index is 2090. The first-order valence-electron chi connectivity index (χ1n) is 13.8. The van der Waals surface area contributed by atoms with Gasteiger partial charge in [0.15, 0.2) is 0 Å². The van der Waals surface area contributed by atoms with Crippen LogP contribution < -0.4 is 21.2 Å². The molecule has 0 radical (unpaired) electrons. The van der Waals surface area contributed by atoms with Crippen molar-refractivity contribution in [2.24, 2.45) is 0 Å². The van der Waals surface area contributed by atoms with Gasteiger partial charge in [0.1, 0.15) is 17.5 Å². The van der Waals surface area contributed by atoms with Crippen LogP contribution in [0.25, 0.3) is 46.1 Å². The minimum Gasteiger partial charge on any atom is -0.384 e. The molecule has 0 fully saturated rings. The first kappa shape index (κ1) is 26.7. The van der Waals surface area contributed by atoms with Gasteiger partial charge in [0, 0.05) is 34.4 Å². The molecule has 5 aromatic heterocycles. The molecular formula is C35H31N7. The predicted octanol–water partition coefficient (Wildman–Crippen LogP) is 5.63. The fourth-order valence-corrected chi connectivity index (χ4v) is 5.52. The van der Waals surface area contributed by atoms with Crippen LogP contribution in [0.2, 0.25) is 0 Å². The smallest absolute Gasteiger partial charge is 0.139 e. The van der Waals surface area contributed by atoms with Crippen molar-refractivity contribution in [3.05, 3.63) is 131 Å². The number of fused-ring (bicyclic) bond motifs is 2. The van der Waals surface area contributed by atoms with Crippen molar-refractivity contribution in [3.63, 3.8) is 0 Å². The average Bonchev–Trinajstić information content (AvgIpc) is 3.50. The van der Waals surface area contributed by atoms with Crippen molar-refractivity contribution in [1.82, 2.24) is 24.5 Å². The molecule has 1 aliphatic heterocycles. The molecule has 6 heterocycles. The van der Waals surface area contributed by atoms with E-state index in [4.69, 9.17) is 15.7 Å². The normalized spacial score (nSPS) is 15.7. The second-order valence-corrected chi connectivity index (χ2v) is 9.81. The lowest BCUT2D eigenvalue weighted by Crippen LogP contribution is -2.29. The van der Waals surface area contributed by atoms with E-state index in [0.29, 0.717) is 18.2 Å². The van der Waals surface area contributed by atoms with Gasteiger partial charge in [-0.1, -0.05) is 37.5 Å². The van der Waals surface area contributed by atoms with Crippen molar-refractivity contribution in [2.75, 3.05) is 17.2 Å². The fourth-order valence-electron chi connectivity index (χ4n) is 5.52. The Hall–Kier alpha value is -5.56. The summed E-state index contributed by atoms with van der Waals surface area (Å²) in [6, 6.07) is 15.6. The Kier molecular flexibility index (Phi) is 7.07. The first-order valence-corrected chi connectivity index (χ1v) is 13.8. The highest BCUT2D eigenvalue weighted by Crippen LogP contribution is 2.35. The molecule has 2 N–H and O–H groups in total. The largest absolute Gasteiger partial charge is 0.384 e. The van der Waals surface area contributed by atoms with E-state index < -0.39 is 0 Å². The Morgan fingerprint density at radius 3 is 2.14 bits per heavy atom. The topological polar surface area (TPSA) is 85.8 Å². The number of nitrogen functional groups attached to an aromatic ring is 1. The van der Waals surface area contributed by atoms with Crippen LogP contribution >= 0.6 is 0 Å². The van der Waals surface area contributed by atoms with Crippen LogP contribution in [-0.4, -0.2) is 31.0 Å². The quantitative estimate of drug-likeness (QED) is 0.295. The number of hydrogen-bond acceptors (Lipinski definition) is 6. The van der Waals surface area contributed by atoms with Gasteiger partial charge in [-0.2, -0.15) is 0 Å². The number of hydrogen-bond donors (Lipinski definition) is 1. The molecule has 7 nitrogen and oxygen atoms in total. The molecule has 0 bridgehead atoms. The van der Waals surface area contributed by atoms with Gasteiger partial charge in [0.25, 0.3) is 0 Å². The van der Waals surface area contributed by atoms with E-state index in [-0.39, 0.29) is 0 Å². The fraction of sp³-hybridized carbons (Fsp3) is 0.0857. The SMILES string of the molecule is C=C/C=c1\c(=C/C)c(/C=C2\CN(c3ccc4ncccc4n3)C(/C=C\C)=C2C=C)c(N)n1-c1ccc2ncccc2n1. The van der Waals surface area contributed by atoms with Crippen LogP contribution in [0.4, 0.5) is 11.6 Å². The summed E-state index contributed by atoms with van der Waals surface area (Å²) >= 11 is 0. The van der Waals surface area contributed by atoms with Crippen LogP contribution in [0.15, 0.2) is 115 Å². The second kappa shape index (κ2) is 11.1. The molecule has 0 saturated heterocycles. The highest BCUT2D eigenvalue weighted by atomic mass is 15.2. The highest BCUT2D eigenvalue weighted by molar-refractivity contribution is 5.81. The number of allylic oxidation sites excluding steroid dienone is 4. The molecule has 0 aliphatic carbocycles. The maximum Gasteiger partial charge on any atom is 0.139 e.